The van der Waals surface area contributed by atoms with Gasteiger partial charge in [-0.15, -0.1) is 0 Å². The molecule has 1 amide bonds. The van der Waals surface area contributed by atoms with E-state index in [2.05, 4.69) is 54.7 Å². The van der Waals surface area contributed by atoms with Crippen LogP contribution in [-0.2, 0) is 10.2 Å². The van der Waals surface area contributed by atoms with E-state index in [4.69, 9.17) is 16.9 Å². The lowest BCUT2D eigenvalue weighted by atomic mass is 9.87. The largest absolute Gasteiger partial charge is 0.325 e. The molecule has 0 aliphatic heterocycles. The molecular weight excluding hydrogens is 468 g/mol. The highest BCUT2D eigenvalue weighted by Crippen LogP contribution is 2.30. The van der Waals surface area contributed by atoms with Gasteiger partial charge in [0.25, 0.3) is 0 Å². The summed E-state index contributed by atoms with van der Waals surface area (Å²) in [7, 11) is 1.58. The van der Waals surface area contributed by atoms with E-state index >= 15 is 0 Å². The summed E-state index contributed by atoms with van der Waals surface area (Å²) in [4.78, 5) is 27.7. The molecule has 3 rings (SSSR count). The maximum Gasteiger partial charge on any atom is 0.215 e. The third kappa shape index (κ3) is 7.34. The molecule has 0 unspecified atom stereocenters. The Bertz CT molecular complexity index is 1180. The summed E-state index contributed by atoms with van der Waals surface area (Å²) in [5.74, 6) is 0.476. The Morgan fingerprint density at radius 1 is 1.12 bits per heavy atom. The predicted molar refractivity (Wildman–Crippen MR) is 140 cm³/mol. The predicted octanol–water partition coefficient (Wildman–Crippen LogP) is 6.42. The Balaban J connectivity index is 0.000000287. The van der Waals surface area contributed by atoms with Crippen molar-refractivity contribution in [2.45, 2.75) is 38.0 Å². The maximum atomic E-state index is 11.1. The van der Waals surface area contributed by atoms with Crippen molar-refractivity contribution >= 4 is 47.8 Å². The minimum atomic E-state index is 0.155. The van der Waals surface area contributed by atoms with E-state index in [1.165, 1.54) is 28.6 Å². The average molecular weight is 495 g/mol. The first-order valence-corrected chi connectivity index (χ1v) is 11.6. The zero-order chi connectivity index (χ0) is 25.3. The van der Waals surface area contributed by atoms with Crippen LogP contribution in [0, 0.1) is 18.3 Å². The fourth-order valence-electron chi connectivity index (χ4n) is 2.82. The van der Waals surface area contributed by atoms with Crippen LogP contribution < -0.4 is 9.62 Å². The van der Waals surface area contributed by atoms with Crippen molar-refractivity contribution in [2.24, 2.45) is 0 Å². The molecule has 0 aliphatic carbocycles. The van der Waals surface area contributed by atoms with E-state index in [1.807, 2.05) is 19.1 Å². The summed E-state index contributed by atoms with van der Waals surface area (Å²) >= 11 is 7.54. The number of pyridine rings is 1. The number of halogens is 1. The number of nitrogens with zero attached hydrogens (tertiary/aromatic N) is 3. The molecule has 0 aliphatic rings. The number of aldehydes is 1. The van der Waals surface area contributed by atoms with Gasteiger partial charge in [0.15, 0.2) is 6.29 Å². The molecule has 1 heterocycles. The molecule has 176 valence electrons. The van der Waals surface area contributed by atoms with Crippen molar-refractivity contribution in [3.8, 4) is 6.07 Å². The van der Waals surface area contributed by atoms with Crippen molar-refractivity contribution in [2.75, 3.05) is 16.7 Å². The molecule has 0 saturated carbocycles. The molecule has 1 N–H and O–H groups in total. The van der Waals surface area contributed by atoms with Gasteiger partial charge < -0.3 is 9.62 Å². The smallest absolute Gasteiger partial charge is 0.215 e. The number of hydrogen-bond donors (Lipinski definition) is 1. The lowest BCUT2D eigenvalue weighted by Gasteiger charge is -2.19. The summed E-state index contributed by atoms with van der Waals surface area (Å²) in [6.07, 6.45) is 2.93. The van der Waals surface area contributed by atoms with E-state index in [-0.39, 0.29) is 5.41 Å². The monoisotopic (exact) mass is 494 g/mol. The van der Waals surface area contributed by atoms with Gasteiger partial charge in [0, 0.05) is 29.4 Å². The number of nitrogens with one attached hydrogen (secondary N) is 1. The lowest BCUT2D eigenvalue weighted by molar-refractivity contribution is -0.107. The van der Waals surface area contributed by atoms with E-state index in [1.54, 1.807) is 25.2 Å². The Morgan fingerprint density at radius 3 is 2.35 bits per heavy atom. The van der Waals surface area contributed by atoms with Gasteiger partial charge >= 0.3 is 0 Å². The van der Waals surface area contributed by atoms with Crippen molar-refractivity contribution in [1.29, 1.82) is 5.26 Å². The number of anilines is 2. The standard InChI is InChI=1S/C18H20ClNOS.C8H7N3O/c1-12-15(11-21)16(19)9-10-17(12)20-22-14-7-5-13(6-8-14)18(2,3)4;1-11(6-12)8-4-7(5-9)2-3-10-8/h5-11,20H,1-4H3;2-4,6H,1H3. The van der Waals surface area contributed by atoms with Crippen molar-refractivity contribution < 1.29 is 9.59 Å². The van der Waals surface area contributed by atoms with Crippen LogP contribution in [0.25, 0.3) is 0 Å². The fraction of sp³-hybridized carbons (Fsp3) is 0.231. The van der Waals surface area contributed by atoms with Gasteiger partial charge in [0.1, 0.15) is 5.82 Å². The summed E-state index contributed by atoms with van der Waals surface area (Å²) in [6, 6.07) is 17.2. The highest BCUT2D eigenvalue weighted by molar-refractivity contribution is 8.00. The van der Waals surface area contributed by atoms with Crippen LogP contribution in [0.4, 0.5) is 11.5 Å². The zero-order valence-electron chi connectivity index (χ0n) is 19.8. The van der Waals surface area contributed by atoms with Gasteiger partial charge in [-0.25, -0.2) is 4.98 Å². The second-order valence-corrected chi connectivity index (χ2v) is 9.75. The molecule has 0 fully saturated rings. The number of carbonyl (C=O) groups excluding carboxylic acids is 2. The van der Waals surface area contributed by atoms with Crippen LogP contribution in [-0.4, -0.2) is 24.7 Å². The molecule has 1 aromatic heterocycles. The Kier molecular flexibility index (Phi) is 9.67. The van der Waals surface area contributed by atoms with Gasteiger partial charge in [-0.05, 0) is 71.8 Å². The highest BCUT2D eigenvalue weighted by Gasteiger charge is 2.13. The molecule has 2 aromatic carbocycles. The molecular formula is C26H27ClN4O2S. The molecule has 0 radical (unpaired) electrons. The van der Waals surface area contributed by atoms with E-state index in [9.17, 15) is 9.59 Å². The third-order valence-electron chi connectivity index (χ3n) is 4.97. The summed E-state index contributed by atoms with van der Waals surface area (Å²) in [5.41, 5.74) is 4.26. The average Bonchev–Trinajstić information content (AvgIpc) is 2.83. The zero-order valence-corrected chi connectivity index (χ0v) is 21.4. The summed E-state index contributed by atoms with van der Waals surface area (Å²) in [5, 5.41) is 9.02. The van der Waals surface area contributed by atoms with Crippen LogP contribution in [0.3, 0.4) is 0 Å². The van der Waals surface area contributed by atoms with Gasteiger partial charge in [-0.2, -0.15) is 5.26 Å². The first-order valence-electron chi connectivity index (χ1n) is 10.4. The van der Waals surface area contributed by atoms with Crippen LogP contribution in [0.5, 0.6) is 0 Å². The van der Waals surface area contributed by atoms with Crippen molar-refractivity contribution in [3.05, 3.63) is 82.0 Å². The number of benzene rings is 2. The van der Waals surface area contributed by atoms with Crippen molar-refractivity contribution in [3.63, 3.8) is 0 Å². The minimum absolute atomic E-state index is 0.155. The molecule has 0 bridgehead atoms. The molecule has 3 aromatic rings. The Hall–Kier alpha value is -3.34. The topological polar surface area (TPSA) is 86.1 Å². The molecule has 0 saturated heterocycles. The normalized spacial score (nSPS) is 10.4. The van der Waals surface area contributed by atoms with Crippen molar-refractivity contribution in [1.82, 2.24) is 4.98 Å². The van der Waals surface area contributed by atoms with Crippen LogP contribution >= 0.6 is 23.5 Å². The number of hydrogen-bond acceptors (Lipinski definition) is 6. The lowest BCUT2D eigenvalue weighted by Crippen LogP contribution is -2.15. The summed E-state index contributed by atoms with van der Waals surface area (Å²) < 4.78 is 3.29. The Labute approximate surface area is 210 Å². The number of aromatic nitrogens is 1. The molecule has 34 heavy (non-hydrogen) atoms. The highest BCUT2D eigenvalue weighted by atomic mass is 35.5. The van der Waals surface area contributed by atoms with Gasteiger partial charge in [0.05, 0.1) is 16.7 Å². The first-order chi connectivity index (χ1) is 16.1. The number of rotatable bonds is 6. The SMILES string of the molecule is CN(C=O)c1cc(C#N)ccn1.Cc1c(NSc2ccc(C(C)(C)C)cc2)ccc(Cl)c1C=O. The van der Waals surface area contributed by atoms with Crippen LogP contribution in [0.15, 0.2) is 59.6 Å². The molecule has 8 heteroatoms. The quantitative estimate of drug-likeness (QED) is 0.314. The fourth-order valence-corrected chi connectivity index (χ4v) is 3.79. The molecule has 6 nitrogen and oxygen atoms in total. The van der Waals surface area contributed by atoms with Crippen LogP contribution in [0.2, 0.25) is 5.02 Å². The van der Waals surface area contributed by atoms with Gasteiger partial charge in [-0.3, -0.25) is 9.59 Å². The maximum absolute atomic E-state index is 11.1. The van der Waals surface area contributed by atoms with E-state index < -0.39 is 0 Å². The second kappa shape index (κ2) is 12.2. The molecule has 0 spiro atoms. The number of amides is 1. The second-order valence-electron chi connectivity index (χ2n) is 8.46. The molecule has 0 atom stereocenters. The Morgan fingerprint density at radius 2 is 1.79 bits per heavy atom. The third-order valence-corrected chi connectivity index (χ3v) is 6.13. The van der Waals surface area contributed by atoms with E-state index in [0.717, 1.165) is 22.4 Å². The van der Waals surface area contributed by atoms with Crippen LogP contribution in [0.1, 0.15) is 47.8 Å². The summed E-state index contributed by atoms with van der Waals surface area (Å²) in [6.45, 7) is 8.49. The minimum Gasteiger partial charge on any atom is -0.325 e. The van der Waals surface area contributed by atoms with Gasteiger partial charge in [-0.1, -0.05) is 44.5 Å². The van der Waals surface area contributed by atoms with E-state index in [0.29, 0.717) is 28.4 Å². The number of carbonyl (C=O) groups is 2. The number of nitriles is 1. The van der Waals surface area contributed by atoms with Gasteiger partial charge in [0.2, 0.25) is 6.41 Å². The first kappa shape index (κ1) is 26.9.